The van der Waals surface area contributed by atoms with Gasteiger partial charge in [-0.3, -0.25) is 9.20 Å². The number of amides is 1. The number of benzene rings is 2. The zero-order chi connectivity index (χ0) is 29.4. The lowest BCUT2D eigenvalue weighted by Gasteiger charge is -2.34. The minimum Gasteiger partial charge on any atom is -0.490 e. The third-order valence-corrected chi connectivity index (χ3v) is 7.69. The molecule has 0 radical (unpaired) electrons. The number of nitrogens with one attached hydrogen (secondary N) is 1. The number of fused-ring (bicyclic) bond motifs is 1. The van der Waals surface area contributed by atoms with Crippen LogP contribution in [0.25, 0.3) is 5.52 Å². The van der Waals surface area contributed by atoms with Crippen molar-refractivity contribution in [1.29, 1.82) is 0 Å². The van der Waals surface area contributed by atoms with Gasteiger partial charge in [-0.15, -0.1) is 0 Å². The average molecular weight is 580 g/mol. The van der Waals surface area contributed by atoms with E-state index in [1.807, 2.05) is 56.4 Å². The Morgan fingerprint density at radius 3 is 2.49 bits per heavy atom. The molecule has 2 aromatic heterocycles. The van der Waals surface area contributed by atoms with Gasteiger partial charge in [0, 0.05) is 61.4 Å². The second-order valence-electron chi connectivity index (χ2n) is 10.7. The number of nitrogens with zero attached hydrogens (tertiary/aromatic N) is 5. The first-order valence-corrected chi connectivity index (χ1v) is 14.1. The predicted octanol–water partition coefficient (Wildman–Crippen LogP) is 5.36. The molecule has 4 aromatic rings. The maximum Gasteiger partial charge on any atom is 0.262 e. The topological polar surface area (TPSA) is 101 Å². The number of carbonyl (C=O) groups excluding carboxylic acids is 1. The average Bonchev–Trinajstić information content (AvgIpc) is 3.28. The molecule has 2 aromatic carbocycles. The summed E-state index contributed by atoms with van der Waals surface area (Å²) in [5.74, 6) is -0.822. The Bertz CT molecular complexity index is 1580. The van der Waals surface area contributed by atoms with Crippen molar-refractivity contribution in [3.8, 4) is 5.75 Å². The zero-order valence-corrected chi connectivity index (χ0v) is 24.7. The van der Waals surface area contributed by atoms with Crippen LogP contribution >= 0.6 is 11.6 Å². The monoisotopic (exact) mass is 579 g/mol. The van der Waals surface area contributed by atoms with Gasteiger partial charge >= 0.3 is 0 Å². The number of likely N-dealkylation sites (N-methyl/N-ethyl adjacent to an activating group) is 1. The Morgan fingerprint density at radius 2 is 1.83 bits per heavy atom. The second kappa shape index (κ2) is 11.5. The molecule has 1 atom stereocenters. The molecule has 0 bridgehead atoms. The molecule has 9 nitrogen and oxygen atoms in total. The molecule has 1 unspecified atom stereocenters. The molecule has 11 heteroatoms. The molecule has 0 spiro atoms. The third-order valence-electron chi connectivity index (χ3n) is 7.41. The van der Waals surface area contributed by atoms with Crippen LogP contribution in [0.15, 0.2) is 42.7 Å². The number of rotatable bonds is 7. The Morgan fingerprint density at radius 1 is 1.15 bits per heavy atom. The molecule has 0 saturated carbocycles. The largest absolute Gasteiger partial charge is 0.490 e. The van der Waals surface area contributed by atoms with E-state index in [-0.39, 0.29) is 22.4 Å². The van der Waals surface area contributed by atoms with E-state index in [4.69, 9.17) is 27.1 Å². The van der Waals surface area contributed by atoms with Crippen molar-refractivity contribution in [2.24, 2.45) is 0 Å². The van der Waals surface area contributed by atoms with E-state index in [0.717, 1.165) is 31.9 Å². The van der Waals surface area contributed by atoms with Crippen LogP contribution in [-0.4, -0.2) is 64.5 Å². The van der Waals surface area contributed by atoms with E-state index in [2.05, 4.69) is 27.1 Å². The van der Waals surface area contributed by atoms with Crippen LogP contribution in [-0.2, 0) is 0 Å². The highest BCUT2D eigenvalue weighted by atomic mass is 35.5. The van der Waals surface area contributed by atoms with Gasteiger partial charge < -0.3 is 25.6 Å². The fourth-order valence-electron chi connectivity index (χ4n) is 5.24. The highest BCUT2D eigenvalue weighted by molar-refractivity contribution is 6.31. The van der Waals surface area contributed by atoms with Crippen LogP contribution in [0.4, 0.5) is 21.6 Å². The van der Waals surface area contributed by atoms with E-state index >= 15 is 4.39 Å². The molecule has 216 valence electrons. The molecular weight excluding hydrogens is 545 g/mol. The fourth-order valence-corrected chi connectivity index (χ4v) is 5.45. The number of anilines is 3. The van der Waals surface area contributed by atoms with Gasteiger partial charge in [-0.05, 0) is 58.2 Å². The lowest BCUT2D eigenvalue weighted by Crippen LogP contribution is -2.44. The summed E-state index contributed by atoms with van der Waals surface area (Å²) in [6.07, 6.45) is 3.02. The van der Waals surface area contributed by atoms with Crippen LogP contribution in [0.5, 0.6) is 5.75 Å². The van der Waals surface area contributed by atoms with Gasteiger partial charge in [-0.25, -0.2) is 14.4 Å². The van der Waals surface area contributed by atoms with E-state index in [9.17, 15) is 4.79 Å². The highest BCUT2D eigenvalue weighted by Gasteiger charge is 2.30. The number of halogens is 2. The summed E-state index contributed by atoms with van der Waals surface area (Å²) in [4.78, 5) is 27.1. The predicted molar refractivity (Wildman–Crippen MR) is 161 cm³/mol. The second-order valence-corrected chi connectivity index (χ2v) is 11.1. The van der Waals surface area contributed by atoms with E-state index in [1.165, 1.54) is 6.07 Å². The number of aryl methyl sites for hydroxylation is 1. The molecule has 1 amide bonds. The van der Waals surface area contributed by atoms with Crippen LogP contribution in [0.3, 0.4) is 0 Å². The van der Waals surface area contributed by atoms with Crippen molar-refractivity contribution in [3.63, 3.8) is 0 Å². The summed E-state index contributed by atoms with van der Waals surface area (Å²) in [6, 6.07) is 9.06. The lowest BCUT2D eigenvalue weighted by molar-refractivity contribution is 0.101. The molecule has 1 aliphatic rings. The molecule has 0 aliphatic carbocycles. The molecule has 1 aliphatic heterocycles. The van der Waals surface area contributed by atoms with Gasteiger partial charge in [-0.2, -0.15) is 0 Å². The summed E-state index contributed by atoms with van der Waals surface area (Å²) in [6.45, 7) is 11.2. The van der Waals surface area contributed by atoms with Gasteiger partial charge in [0.1, 0.15) is 28.5 Å². The zero-order valence-electron chi connectivity index (χ0n) is 23.9. The maximum atomic E-state index is 15.6. The summed E-state index contributed by atoms with van der Waals surface area (Å²) in [7, 11) is 2.11. The minimum atomic E-state index is -0.845. The Balaban J connectivity index is 1.51. The van der Waals surface area contributed by atoms with Crippen LogP contribution in [0.1, 0.15) is 54.1 Å². The minimum absolute atomic E-state index is 0.123. The molecule has 3 heterocycles. The molecular formula is C30H35ClFN7O2. The van der Waals surface area contributed by atoms with Crippen molar-refractivity contribution in [1.82, 2.24) is 19.3 Å². The number of piperazine rings is 1. The fraction of sp³-hybridized carbons (Fsp3) is 0.367. The first-order valence-electron chi connectivity index (χ1n) is 13.7. The van der Waals surface area contributed by atoms with Gasteiger partial charge in [0.05, 0.1) is 16.8 Å². The highest BCUT2D eigenvalue weighted by Crippen LogP contribution is 2.40. The SMILES string of the molecule is Cc1nc(C(C)c2cc(Cl)c(F)c(C(=O)Nc3ccc(N4CCN(C)CC4)cc3)c2OC(C)C)n2ccnc(N)c12. The number of ether oxygens (including phenoxy) is 1. The normalized spacial score (nSPS) is 15.0. The van der Waals surface area contributed by atoms with Crippen molar-refractivity contribution >= 4 is 40.2 Å². The molecule has 1 saturated heterocycles. The molecule has 41 heavy (non-hydrogen) atoms. The number of imidazole rings is 1. The van der Waals surface area contributed by atoms with E-state index in [0.29, 0.717) is 34.1 Å². The summed E-state index contributed by atoms with van der Waals surface area (Å²) in [5.41, 5.74) is 9.39. The number of hydrogen-bond acceptors (Lipinski definition) is 7. The number of hydrogen-bond donors (Lipinski definition) is 2. The number of nitrogens with two attached hydrogens (primary N) is 1. The summed E-state index contributed by atoms with van der Waals surface area (Å²) in [5, 5.41) is 2.65. The first-order chi connectivity index (χ1) is 19.5. The van der Waals surface area contributed by atoms with Gasteiger partial charge in [0.15, 0.2) is 5.82 Å². The van der Waals surface area contributed by atoms with E-state index < -0.39 is 17.6 Å². The molecule has 1 fully saturated rings. The molecule has 5 rings (SSSR count). The number of carbonyl (C=O) groups is 1. The van der Waals surface area contributed by atoms with Crippen LogP contribution in [0, 0.1) is 12.7 Å². The Kier molecular flexibility index (Phi) is 8.06. The van der Waals surface area contributed by atoms with Gasteiger partial charge in [0.25, 0.3) is 5.91 Å². The van der Waals surface area contributed by atoms with E-state index in [1.54, 1.807) is 12.4 Å². The lowest BCUT2D eigenvalue weighted by atomic mass is 9.95. The quantitative estimate of drug-likeness (QED) is 0.304. The summed E-state index contributed by atoms with van der Waals surface area (Å²) >= 11 is 6.40. The Labute approximate surface area is 244 Å². The van der Waals surface area contributed by atoms with Crippen molar-refractivity contribution in [2.75, 3.05) is 49.2 Å². The van der Waals surface area contributed by atoms with Gasteiger partial charge in [0.2, 0.25) is 0 Å². The van der Waals surface area contributed by atoms with Crippen LogP contribution < -0.4 is 20.7 Å². The van der Waals surface area contributed by atoms with Crippen LogP contribution in [0.2, 0.25) is 5.02 Å². The smallest absolute Gasteiger partial charge is 0.262 e. The van der Waals surface area contributed by atoms with Crippen molar-refractivity contribution in [3.05, 3.63) is 76.2 Å². The van der Waals surface area contributed by atoms with Gasteiger partial charge in [-0.1, -0.05) is 18.5 Å². The van der Waals surface area contributed by atoms with Crippen molar-refractivity contribution < 1.29 is 13.9 Å². The molecule has 3 N–H and O–H groups in total. The number of nitrogen functional groups attached to an aromatic ring is 1. The van der Waals surface area contributed by atoms with Crippen molar-refractivity contribution in [2.45, 2.75) is 39.7 Å². The third kappa shape index (κ3) is 5.67. The Hall–Kier alpha value is -3.89. The first kappa shape index (κ1) is 28.6. The number of aromatic nitrogens is 3. The summed E-state index contributed by atoms with van der Waals surface area (Å²) < 4.78 is 23.6. The maximum absolute atomic E-state index is 15.6. The standard InChI is InChI=1S/C30H35ClFN7O2/c1-17(2)41-27-22(18(3)29-35-19(4)26-28(33)34-10-11-39(26)29)16-23(31)25(32)24(27)30(40)36-20-6-8-21(9-7-20)38-14-12-37(5)13-15-38/h6-11,16-18H,12-15H2,1-5H3,(H2,33,34)(H,36,40).